The van der Waals surface area contributed by atoms with E-state index in [4.69, 9.17) is 9.47 Å². The van der Waals surface area contributed by atoms with Crippen molar-refractivity contribution in [1.29, 1.82) is 0 Å². The van der Waals surface area contributed by atoms with Gasteiger partial charge in [-0.15, -0.1) is 0 Å². The van der Waals surface area contributed by atoms with Crippen LogP contribution in [0.4, 0.5) is 4.79 Å². The Labute approximate surface area is 129 Å². The molecule has 0 aliphatic rings. The van der Waals surface area contributed by atoms with Gasteiger partial charge in [0.25, 0.3) is 0 Å². The Morgan fingerprint density at radius 1 is 1.00 bits per heavy atom. The predicted octanol–water partition coefficient (Wildman–Crippen LogP) is 1.11. The van der Waals surface area contributed by atoms with Gasteiger partial charge in [0, 0.05) is 19.5 Å². The molecule has 0 radical (unpaired) electrons. The summed E-state index contributed by atoms with van der Waals surface area (Å²) in [6.45, 7) is 0.689. The molecular weight excluding hydrogens is 288 g/mol. The maximum absolute atomic E-state index is 11.7. The van der Waals surface area contributed by atoms with E-state index in [0.29, 0.717) is 37.4 Å². The molecular formula is C15H22N2O5. The zero-order valence-electron chi connectivity index (χ0n) is 13.1. The second-order valence-electron chi connectivity index (χ2n) is 4.46. The molecule has 0 atom stereocenters. The third-order valence-electron chi connectivity index (χ3n) is 2.99. The summed E-state index contributed by atoms with van der Waals surface area (Å²) >= 11 is 0. The quantitative estimate of drug-likeness (QED) is 0.703. The van der Waals surface area contributed by atoms with Gasteiger partial charge in [-0.1, -0.05) is 6.07 Å². The summed E-state index contributed by atoms with van der Waals surface area (Å²) in [5.41, 5.74) is 0.987. The summed E-state index contributed by atoms with van der Waals surface area (Å²) in [7, 11) is 4.44. The van der Waals surface area contributed by atoms with Crippen LogP contribution in [0, 0.1) is 0 Å². The monoisotopic (exact) mass is 310 g/mol. The first kappa shape index (κ1) is 17.6. The van der Waals surface area contributed by atoms with Crippen LogP contribution in [0.25, 0.3) is 0 Å². The lowest BCUT2D eigenvalue weighted by atomic mass is 10.1. The second-order valence-corrected chi connectivity index (χ2v) is 4.46. The molecule has 1 rings (SSSR count). The average molecular weight is 310 g/mol. The van der Waals surface area contributed by atoms with E-state index in [2.05, 4.69) is 15.4 Å². The van der Waals surface area contributed by atoms with E-state index >= 15 is 0 Å². The number of hydrogen-bond donors (Lipinski definition) is 2. The van der Waals surface area contributed by atoms with Crippen LogP contribution in [0.1, 0.15) is 12.0 Å². The van der Waals surface area contributed by atoms with Gasteiger partial charge in [-0.05, 0) is 24.1 Å². The third kappa shape index (κ3) is 5.90. The summed E-state index contributed by atoms with van der Waals surface area (Å²) < 4.78 is 14.8. The van der Waals surface area contributed by atoms with Gasteiger partial charge < -0.3 is 24.8 Å². The fourth-order valence-electron chi connectivity index (χ4n) is 1.82. The summed E-state index contributed by atoms with van der Waals surface area (Å²) in [4.78, 5) is 22.5. The fourth-order valence-corrected chi connectivity index (χ4v) is 1.82. The number of carbonyl (C=O) groups excluding carboxylic acids is 2. The lowest BCUT2D eigenvalue weighted by Crippen LogP contribution is -2.34. The Morgan fingerprint density at radius 2 is 1.68 bits per heavy atom. The minimum Gasteiger partial charge on any atom is -0.493 e. The van der Waals surface area contributed by atoms with Crippen LogP contribution in [-0.2, 0) is 16.0 Å². The molecule has 0 aliphatic carbocycles. The number of alkyl carbamates (subject to hydrolysis) is 1. The zero-order valence-corrected chi connectivity index (χ0v) is 13.1. The van der Waals surface area contributed by atoms with Crippen molar-refractivity contribution in [3.05, 3.63) is 23.8 Å². The zero-order chi connectivity index (χ0) is 16.4. The highest BCUT2D eigenvalue weighted by molar-refractivity contribution is 5.76. The van der Waals surface area contributed by atoms with Gasteiger partial charge >= 0.3 is 6.09 Å². The molecule has 0 fully saturated rings. The number of methoxy groups -OCH3 is 3. The smallest absolute Gasteiger partial charge is 0.406 e. The maximum Gasteiger partial charge on any atom is 0.406 e. The molecule has 7 heteroatoms. The number of aryl methyl sites for hydroxylation is 1. The van der Waals surface area contributed by atoms with E-state index in [1.807, 2.05) is 18.2 Å². The molecule has 0 saturated carbocycles. The minimum absolute atomic E-state index is 0.0820. The predicted molar refractivity (Wildman–Crippen MR) is 81.3 cm³/mol. The molecule has 2 amide bonds. The van der Waals surface area contributed by atoms with Crippen LogP contribution in [0.2, 0.25) is 0 Å². The second kappa shape index (κ2) is 9.49. The van der Waals surface area contributed by atoms with E-state index in [1.165, 1.54) is 7.11 Å². The molecule has 7 nitrogen and oxygen atoms in total. The first-order valence-corrected chi connectivity index (χ1v) is 6.90. The molecule has 2 N–H and O–H groups in total. The van der Waals surface area contributed by atoms with Crippen molar-refractivity contribution in [3.63, 3.8) is 0 Å². The van der Waals surface area contributed by atoms with Crippen molar-refractivity contribution in [1.82, 2.24) is 10.6 Å². The van der Waals surface area contributed by atoms with E-state index in [-0.39, 0.29) is 5.91 Å². The van der Waals surface area contributed by atoms with Gasteiger partial charge in [-0.2, -0.15) is 0 Å². The van der Waals surface area contributed by atoms with Gasteiger partial charge in [0.1, 0.15) is 0 Å². The van der Waals surface area contributed by atoms with Crippen molar-refractivity contribution in [2.75, 3.05) is 34.4 Å². The maximum atomic E-state index is 11.7. The molecule has 0 spiro atoms. The Morgan fingerprint density at radius 3 is 2.32 bits per heavy atom. The molecule has 1 aromatic rings. The van der Waals surface area contributed by atoms with E-state index in [0.717, 1.165) is 5.56 Å². The number of benzene rings is 1. The third-order valence-corrected chi connectivity index (χ3v) is 2.99. The summed E-state index contributed by atoms with van der Waals surface area (Å²) in [6, 6.07) is 5.56. The minimum atomic E-state index is -0.514. The lowest BCUT2D eigenvalue weighted by molar-refractivity contribution is -0.121. The van der Waals surface area contributed by atoms with Gasteiger partial charge in [0.15, 0.2) is 11.5 Å². The molecule has 22 heavy (non-hydrogen) atoms. The van der Waals surface area contributed by atoms with Crippen molar-refractivity contribution < 1.29 is 23.8 Å². The highest BCUT2D eigenvalue weighted by Crippen LogP contribution is 2.27. The van der Waals surface area contributed by atoms with Crippen LogP contribution in [0.3, 0.4) is 0 Å². The van der Waals surface area contributed by atoms with Crippen LogP contribution in [-0.4, -0.2) is 46.4 Å². The van der Waals surface area contributed by atoms with Gasteiger partial charge in [-0.3, -0.25) is 4.79 Å². The number of rotatable bonds is 8. The van der Waals surface area contributed by atoms with Crippen LogP contribution in [0.15, 0.2) is 18.2 Å². The van der Waals surface area contributed by atoms with Crippen molar-refractivity contribution >= 4 is 12.0 Å². The van der Waals surface area contributed by atoms with E-state index < -0.39 is 6.09 Å². The molecule has 0 bridgehead atoms. The van der Waals surface area contributed by atoms with Crippen LogP contribution in [0.5, 0.6) is 11.5 Å². The number of carbonyl (C=O) groups is 2. The number of hydrogen-bond acceptors (Lipinski definition) is 5. The Bertz CT molecular complexity index is 505. The molecule has 0 unspecified atom stereocenters. The largest absolute Gasteiger partial charge is 0.493 e. The SMILES string of the molecule is COC(=O)NCCNC(=O)CCc1ccc(OC)c(OC)c1. The average Bonchev–Trinajstić information content (AvgIpc) is 2.56. The Balaban J connectivity index is 2.33. The standard InChI is InChI=1S/C15H22N2O5/c1-20-12-6-4-11(10-13(12)21-2)5-7-14(18)16-8-9-17-15(19)22-3/h4,6,10H,5,7-9H2,1-3H3,(H,16,18)(H,17,19). The van der Waals surface area contributed by atoms with Crippen molar-refractivity contribution in [2.45, 2.75) is 12.8 Å². The fraction of sp³-hybridized carbons (Fsp3) is 0.467. The Hall–Kier alpha value is -2.44. The summed E-state index contributed by atoms with van der Waals surface area (Å²) in [6.07, 6.45) is 0.434. The molecule has 0 aromatic heterocycles. The van der Waals surface area contributed by atoms with Crippen molar-refractivity contribution in [2.24, 2.45) is 0 Å². The van der Waals surface area contributed by atoms with Gasteiger partial charge in [-0.25, -0.2) is 4.79 Å². The van der Waals surface area contributed by atoms with Crippen LogP contribution < -0.4 is 20.1 Å². The van der Waals surface area contributed by atoms with Crippen molar-refractivity contribution in [3.8, 4) is 11.5 Å². The number of amides is 2. The lowest BCUT2D eigenvalue weighted by Gasteiger charge is -2.10. The molecule has 1 aromatic carbocycles. The highest BCUT2D eigenvalue weighted by Gasteiger charge is 2.07. The molecule has 0 heterocycles. The van der Waals surface area contributed by atoms with E-state index in [9.17, 15) is 9.59 Å². The normalized spacial score (nSPS) is 9.77. The molecule has 122 valence electrons. The van der Waals surface area contributed by atoms with Gasteiger partial charge in [0.05, 0.1) is 21.3 Å². The number of nitrogens with one attached hydrogen (secondary N) is 2. The summed E-state index contributed by atoms with van der Waals surface area (Å²) in [5, 5.41) is 5.20. The first-order valence-electron chi connectivity index (χ1n) is 6.90. The summed E-state index contributed by atoms with van der Waals surface area (Å²) in [5.74, 6) is 1.22. The van der Waals surface area contributed by atoms with Gasteiger partial charge in [0.2, 0.25) is 5.91 Å². The van der Waals surface area contributed by atoms with Crippen LogP contribution >= 0.6 is 0 Å². The first-order chi connectivity index (χ1) is 10.6. The Kier molecular flexibility index (Phi) is 7.60. The molecule has 0 aliphatic heterocycles. The van der Waals surface area contributed by atoms with E-state index in [1.54, 1.807) is 14.2 Å². The highest BCUT2D eigenvalue weighted by atomic mass is 16.5. The number of ether oxygens (including phenoxy) is 3. The molecule has 0 saturated heterocycles. The topological polar surface area (TPSA) is 85.9 Å².